The molecule has 0 rings (SSSR count). The van der Waals surface area contributed by atoms with E-state index in [2.05, 4.69) is 0 Å². The van der Waals surface area contributed by atoms with Gasteiger partial charge in [0.15, 0.2) is 0 Å². The minimum Gasteiger partial charge on any atom is -0.171 e. The van der Waals surface area contributed by atoms with Gasteiger partial charge in [0.25, 0.3) is 0 Å². The molecule has 0 saturated heterocycles. The van der Waals surface area contributed by atoms with Crippen LogP contribution in [0.1, 0.15) is 54.4 Å². The Balaban J connectivity index is 5.29. The van der Waals surface area contributed by atoms with Crippen LogP contribution in [0.4, 0.5) is 13.2 Å². The summed E-state index contributed by atoms with van der Waals surface area (Å²) >= 11 is 0. The van der Waals surface area contributed by atoms with Crippen molar-refractivity contribution < 1.29 is 13.2 Å². The van der Waals surface area contributed by atoms with Crippen LogP contribution in [0.3, 0.4) is 0 Å². The van der Waals surface area contributed by atoms with Crippen LogP contribution in [-0.2, 0) is 0 Å². The molecule has 0 aliphatic heterocycles. The lowest BCUT2D eigenvalue weighted by Crippen LogP contribution is -2.46. The lowest BCUT2D eigenvalue weighted by molar-refractivity contribution is -0.249. The summed E-state index contributed by atoms with van der Waals surface area (Å²) in [5.74, 6) is -0.205. The zero-order chi connectivity index (χ0) is 13.1. The monoisotopic (exact) mass is 238 g/mol. The molecule has 16 heavy (non-hydrogen) atoms. The fraction of sp³-hybridized carbons (Fsp3) is 1.00. The normalized spacial score (nSPS) is 17.2. The van der Waals surface area contributed by atoms with Crippen molar-refractivity contribution in [2.75, 3.05) is 0 Å². The molecular formula is C13H25F3. The van der Waals surface area contributed by atoms with Crippen LogP contribution in [0, 0.1) is 23.2 Å². The molecule has 98 valence electrons. The van der Waals surface area contributed by atoms with Crippen molar-refractivity contribution in [2.24, 2.45) is 23.2 Å². The maximum Gasteiger partial charge on any atom is 0.394 e. The molecule has 0 aliphatic carbocycles. The van der Waals surface area contributed by atoms with Gasteiger partial charge in [0.1, 0.15) is 0 Å². The molecule has 0 saturated carbocycles. The van der Waals surface area contributed by atoms with Gasteiger partial charge >= 0.3 is 6.18 Å². The molecule has 0 spiro atoms. The summed E-state index contributed by atoms with van der Waals surface area (Å²) in [5, 5.41) is 0. The minimum absolute atomic E-state index is 0.0539. The second-order valence-electron chi connectivity index (χ2n) is 5.68. The van der Waals surface area contributed by atoms with Crippen molar-refractivity contribution in [1.29, 1.82) is 0 Å². The molecule has 0 aromatic carbocycles. The van der Waals surface area contributed by atoms with Crippen LogP contribution in [0.2, 0.25) is 0 Å². The Morgan fingerprint density at radius 2 is 1.31 bits per heavy atom. The SMILES string of the molecule is CCCC(C)(C(C(C)C)C(C)C)C(F)(F)F. The fourth-order valence-electron chi connectivity index (χ4n) is 3.26. The molecule has 0 aromatic rings. The van der Waals surface area contributed by atoms with E-state index < -0.39 is 11.6 Å². The average molecular weight is 238 g/mol. The van der Waals surface area contributed by atoms with Crippen LogP contribution in [0.15, 0.2) is 0 Å². The van der Waals surface area contributed by atoms with E-state index in [1.54, 1.807) is 0 Å². The van der Waals surface area contributed by atoms with Crippen LogP contribution >= 0.6 is 0 Å². The molecule has 0 aromatic heterocycles. The first kappa shape index (κ1) is 15.8. The first-order valence-electron chi connectivity index (χ1n) is 6.14. The smallest absolute Gasteiger partial charge is 0.171 e. The number of halogens is 3. The van der Waals surface area contributed by atoms with E-state index in [1.165, 1.54) is 6.92 Å². The van der Waals surface area contributed by atoms with E-state index >= 15 is 0 Å². The molecule has 1 unspecified atom stereocenters. The average Bonchev–Trinajstić information content (AvgIpc) is 1.99. The summed E-state index contributed by atoms with van der Waals surface area (Å²) in [5.41, 5.74) is -1.55. The summed E-state index contributed by atoms with van der Waals surface area (Å²) in [7, 11) is 0. The fourth-order valence-corrected chi connectivity index (χ4v) is 3.26. The highest BCUT2D eigenvalue weighted by Crippen LogP contribution is 2.52. The van der Waals surface area contributed by atoms with E-state index in [-0.39, 0.29) is 24.2 Å². The van der Waals surface area contributed by atoms with E-state index in [0.29, 0.717) is 6.42 Å². The second kappa shape index (κ2) is 5.42. The quantitative estimate of drug-likeness (QED) is 0.611. The molecule has 0 bridgehead atoms. The molecule has 0 nitrogen and oxygen atoms in total. The summed E-state index contributed by atoms with van der Waals surface area (Å²) < 4.78 is 39.8. The number of hydrogen-bond acceptors (Lipinski definition) is 0. The Morgan fingerprint density at radius 1 is 0.938 bits per heavy atom. The molecule has 0 amide bonds. The predicted octanol–water partition coefficient (Wildman–Crippen LogP) is 5.28. The third-order valence-electron chi connectivity index (χ3n) is 3.59. The highest BCUT2D eigenvalue weighted by Gasteiger charge is 2.56. The van der Waals surface area contributed by atoms with Crippen molar-refractivity contribution in [3.8, 4) is 0 Å². The van der Waals surface area contributed by atoms with Gasteiger partial charge in [-0.25, -0.2) is 0 Å². The van der Waals surface area contributed by atoms with Gasteiger partial charge in [-0.2, -0.15) is 13.2 Å². The Morgan fingerprint density at radius 3 is 1.50 bits per heavy atom. The highest BCUT2D eigenvalue weighted by molar-refractivity contribution is 4.91. The Hall–Kier alpha value is -0.210. The van der Waals surface area contributed by atoms with Crippen LogP contribution in [0.5, 0.6) is 0 Å². The Labute approximate surface area is 97.6 Å². The van der Waals surface area contributed by atoms with Gasteiger partial charge in [-0.05, 0) is 24.2 Å². The predicted molar refractivity (Wildman–Crippen MR) is 62.2 cm³/mol. The number of hydrogen-bond donors (Lipinski definition) is 0. The van der Waals surface area contributed by atoms with Crippen LogP contribution in [-0.4, -0.2) is 6.18 Å². The number of rotatable bonds is 5. The van der Waals surface area contributed by atoms with E-state index in [4.69, 9.17) is 0 Å². The van der Waals surface area contributed by atoms with Gasteiger partial charge in [0.05, 0.1) is 5.41 Å². The molecule has 0 N–H and O–H groups in total. The Bertz CT molecular complexity index is 198. The second-order valence-corrected chi connectivity index (χ2v) is 5.68. The standard InChI is InChI=1S/C13H25F3/c1-7-8-12(6,13(14,15)16)11(9(2)3)10(4)5/h9-11H,7-8H2,1-6H3. The van der Waals surface area contributed by atoms with E-state index in [1.807, 2.05) is 34.6 Å². The molecule has 0 radical (unpaired) electrons. The molecule has 0 heterocycles. The third kappa shape index (κ3) is 3.14. The van der Waals surface area contributed by atoms with Gasteiger partial charge in [-0.1, -0.05) is 48.0 Å². The molecule has 0 aliphatic rings. The Kier molecular flexibility index (Phi) is 5.34. The lowest BCUT2D eigenvalue weighted by atomic mass is 9.64. The zero-order valence-corrected chi connectivity index (χ0v) is 11.3. The third-order valence-corrected chi connectivity index (χ3v) is 3.59. The molecule has 0 fully saturated rings. The highest BCUT2D eigenvalue weighted by atomic mass is 19.4. The van der Waals surface area contributed by atoms with Crippen molar-refractivity contribution >= 4 is 0 Å². The topological polar surface area (TPSA) is 0 Å². The van der Waals surface area contributed by atoms with Crippen molar-refractivity contribution in [2.45, 2.75) is 60.6 Å². The van der Waals surface area contributed by atoms with Crippen molar-refractivity contribution in [1.82, 2.24) is 0 Å². The van der Waals surface area contributed by atoms with E-state index in [0.717, 1.165) is 0 Å². The van der Waals surface area contributed by atoms with Gasteiger partial charge in [0, 0.05) is 0 Å². The van der Waals surface area contributed by atoms with Gasteiger partial charge in [-0.15, -0.1) is 0 Å². The van der Waals surface area contributed by atoms with E-state index in [9.17, 15) is 13.2 Å². The van der Waals surface area contributed by atoms with Gasteiger partial charge < -0.3 is 0 Å². The number of alkyl halides is 3. The zero-order valence-electron chi connectivity index (χ0n) is 11.3. The first-order valence-corrected chi connectivity index (χ1v) is 6.14. The van der Waals surface area contributed by atoms with Crippen LogP contribution < -0.4 is 0 Å². The lowest BCUT2D eigenvalue weighted by Gasteiger charge is -2.43. The maximum atomic E-state index is 13.3. The summed E-state index contributed by atoms with van der Waals surface area (Å²) in [6.45, 7) is 10.8. The minimum atomic E-state index is -4.11. The first-order chi connectivity index (χ1) is 7.08. The van der Waals surface area contributed by atoms with Crippen molar-refractivity contribution in [3.63, 3.8) is 0 Å². The molecule has 1 atom stereocenters. The van der Waals surface area contributed by atoms with Gasteiger partial charge in [0.2, 0.25) is 0 Å². The van der Waals surface area contributed by atoms with Crippen molar-refractivity contribution in [3.05, 3.63) is 0 Å². The van der Waals surface area contributed by atoms with Crippen LogP contribution in [0.25, 0.3) is 0 Å². The maximum absolute atomic E-state index is 13.3. The summed E-state index contributed by atoms with van der Waals surface area (Å²) in [6.07, 6.45) is -3.31. The summed E-state index contributed by atoms with van der Waals surface area (Å²) in [6, 6.07) is 0. The largest absolute Gasteiger partial charge is 0.394 e. The summed E-state index contributed by atoms with van der Waals surface area (Å²) in [4.78, 5) is 0. The molecular weight excluding hydrogens is 213 g/mol. The van der Waals surface area contributed by atoms with Gasteiger partial charge in [-0.3, -0.25) is 0 Å². The molecule has 3 heteroatoms.